The monoisotopic (exact) mass is 438 g/mol. The van der Waals surface area contributed by atoms with Crippen LogP contribution < -0.4 is 21.9 Å². The molecule has 0 aliphatic heterocycles. The number of nitrogens with one attached hydrogen (secondary N) is 1. The molecule has 0 aliphatic rings. The zero-order valence-corrected chi connectivity index (χ0v) is 17.6. The first kappa shape index (κ1) is 22.4. The number of carbonyl (C=O) groups is 2. The number of nitrogens with two attached hydrogens (primary N) is 1. The van der Waals surface area contributed by atoms with Crippen LogP contribution >= 0.6 is 0 Å². The number of ether oxygens (including phenoxy) is 1. The fourth-order valence-electron chi connectivity index (χ4n) is 3.00. The second-order valence-electron chi connectivity index (χ2n) is 6.82. The number of nitrogen functional groups attached to an aromatic ring is 1. The molecule has 3 rings (SSSR count). The number of rotatable bonds is 7. The smallest absolute Gasteiger partial charge is 0.359 e. The van der Waals surface area contributed by atoms with Crippen LogP contribution in [-0.2, 0) is 16.1 Å². The van der Waals surface area contributed by atoms with E-state index < -0.39 is 29.7 Å². The molecule has 1 amide bonds. The van der Waals surface area contributed by atoms with Crippen molar-refractivity contribution in [2.75, 3.05) is 23.8 Å². The summed E-state index contributed by atoms with van der Waals surface area (Å²) >= 11 is 0. The first-order valence-corrected chi connectivity index (χ1v) is 9.74. The molecule has 0 saturated carbocycles. The van der Waals surface area contributed by atoms with Gasteiger partial charge in [0.1, 0.15) is 5.82 Å². The van der Waals surface area contributed by atoms with E-state index in [0.717, 1.165) is 15.0 Å². The fourth-order valence-corrected chi connectivity index (χ4v) is 3.00. The summed E-state index contributed by atoms with van der Waals surface area (Å²) < 4.78 is 6.17. The highest BCUT2D eigenvalue weighted by Gasteiger charge is 2.24. The lowest BCUT2D eigenvalue weighted by molar-refractivity contribution is -0.121. The molecule has 166 valence electrons. The average molecular weight is 438 g/mol. The number of amides is 1. The molecule has 0 atom stereocenters. The number of aromatic nitrogens is 4. The highest BCUT2D eigenvalue weighted by molar-refractivity contribution is 5.98. The highest BCUT2D eigenvalue weighted by atomic mass is 16.5. The van der Waals surface area contributed by atoms with Crippen LogP contribution in [0, 0.1) is 6.92 Å². The Bertz CT molecular complexity index is 1230. The van der Waals surface area contributed by atoms with Crippen molar-refractivity contribution in [2.45, 2.75) is 20.4 Å². The van der Waals surface area contributed by atoms with Crippen LogP contribution in [0.1, 0.15) is 28.7 Å². The Morgan fingerprint density at radius 3 is 2.50 bits per heavy atom. The number of hydrogen-bond acceptors (Lipinski definition) is 8. The quantitative estimate of drug-likeness (QED) is 0.505. The summed E-state index contributed by atoms with van der Waals surface area (Å²) in [5.41, 5.74) is 5.76. The Hall–Kier alpha value is -4.28. The molecular formula is C21H22N6O5. The predicted molar refractivity (Wildman–Crippen MR) is 116 cm³/mol. The topological polar surface area (TPSA) is 153 Å². The molecule has 0 radical (unpaired) electrons. The molecule has 0 aliphatic carbocycles. The van der Waals surface area contributed by atoms with E-state index in [2.05, 4.69) is 15.0 Å². The highest BCUT2D eigenvalue weighted by Crippen LogP contribution is 2.18. The minimum atomic E-state index is -0.835. The zero-order valence-electron chi connectivity index (χ0n) is 17.6. The number of H-pyrrole nitrogens is 1. The van der Waals surface area contributed by atoms with Crippen LogP contribution in [0.2, 0.25) is 0 Å². The van der Waals surface area contributed by atoms with Gasteiger partial charge in [0.25, 0.3) is 11.5 Å². The summed E-state index contributed by atoms with van der Waals surface area (Å²) in [6, 6.07) is 9.03. The van der Waals surface area contributed by atoms with Crippen LogP contribution in [0.3, 0.4) is 0 Å². The van der Waals surface area contributed by atoms with Crippen LogP contribution in [0.25, 0.3) is 0 Å². The van der Waals surface area contributed by atoms with Gasteiger partial charge in [-0.3, -0.25) is 24.1 Å². The van der Waals surface area contributed by atoms with Crippen molar-refractivity contribution in [3.63, 3.8) is 0 Å². The van der Waals surface area contributed by atoms with Crippen molar-refractivity contribution >= 4 is 23.4 Å². The molecule has 2 aromatic heterocycles. The first-order valence-electron chi connectivity index (χ1n) is 9.74. The van der Waals surface area contributed by atoms with E-state index in [0.29, 0.717) is 5.69 Å². The molecule has 3 aromatic rings. The van der Waals surface area contributed by atoms with Crippen molar-refractivity contribution in [3.05, 3.63) is 80.5 Å². The van der Waals surface area contributed by atoms with Gasteiger partial charge in [0.2, 0.25) is 0 Å². The Morgan fingerprint density at radius 2 is 1.88 bits per heavy atom. The third kappa shape index (κ3) is 4.89. The maximum absolute atomic E-state index is 12.7. The minimum absolute atomic E-state index is 0.0531. The lowest BCUT2D eigenvalue weighted by atomic mass is 10.2. The molecule has 3 N–H and O–H groups in total. The van der Waals surface area contributed by atoms with Gasteiger partial charge in [-0.1, -0.05) is 30.3 Å². The standard InChI is InChI=1S/C21H22N6O5/c1-3-26(16(28)12-32-20(30)15-10-23-13(2)9-24-15)17-18(22)27(21(31)25-19(17)29)11-14-7-5-4-6-8-14/h4-10H,3,11-12,22H2,1-2H3,(H,25,29,31). The van der Waals surface area contributed by atoms with Crippen molar-refractivity contribution in [2.24, 2.45) is 0 Å². The van der Waals surface area contributed by atoms with Gasteiger partial charge in [-0.05, 0) is 19.4 Å². The molecule has 0 bridgehead atoms. The summed E-state index contributed by atoms with van der Waals surface area (Å²) in [5, 5.41) is 0. The largest absolute Gasteiger partial charge is 0.451 e. The second-order valence-corrected chi connectivity index (χ2v) is 6.82. The number of likely N-dealkylation sites (N-methyl/N-ethyl adjacent to an activating group) is 1. The Labute approximate surface area is 182 Å². The Balaban J connectivity index is 1.84. The molecule has 0 saturated heterocycles. The maximum atomic E-state index is 12.7. The third-order valence-electron chi connectivity index (χ3n) is 4.60. The number of aryl methyl sites for hydroxylation is 1. The van der Waals surface area contributed by atoms with Crippen molar-refractivity contribution in [1.29, 1.82) is 0 Å². The minimum Gasteiger partial charge on any atom is -0.451 e. The summed E-state index contributed by atoms with van der Waals surface area (Å²) in [7, 11) is 0. The van der Waals surface area contributed by atoms with E-state index >= 15 is 0 Å². The predicted octanol–water partition coefficient (Wildman–Crippen LogP) is 0.475. The molecule has 0 fully saturated rings. The molecule has 1 aromatic carbocycles. The Kier molecular flexibility index (Phi) is 6.78. The Morgan fingerprint density at radius 1 is 1.16 bits per heavy atom. The van der Waals surface area contributed by atoms with Gasteiger partial charge in [-0.15, -0.1) is 0 Å². The number of esters is 1. The molecule has 11 nitrogen and oxygen atoms in total. The zero-order chi connectivity index (χ0) is 23.3. The van der Waals surface area contributed by atoms with E-state index in [9.17, 15) is 19.2 Å². The normalized spacial score (nSPS) is 10.6. The van der Waals surface area contributed by atoms with Crippen LogP contribution in [0.5, 0.6) is 0 Å². The number of aromatic amines is 1. The average Bonchev–Trinajstić information content (AvgIpc) is 2.78. The third-order valence-corrected chi connectivity index (χ3v) is 4.60. The number of benzene rings is 1. The van der Waals surface area contributed by atoms with E-state index in [1.807, 2.05) is 6.07 Å². The van der Waals surface area contributed by atoms with Gasteiger partial charge in [-0.25, -0.2) is 14.6 Å². The molecular weight excluding hydrogens is 416 g/mol. The lowest BCUT2D eigenvalue weighted by Crippen LogP contribution is -2.42. The SMILES string of the molecule is CCN(C(=O)COC(=O)c1cnc(C)cn1)c1c(N)n(Cc2ccccc2)c(=O)[nH]c1=O. The van der Waals surface area contributed by atoms with Gasteiger partial charge < -0.3 is 15.4 Å². The van der Waals surface area contributed by atoms with Crippen molar-refractivity contribution in [3.8, 4) is 0 Å². The van der Waals surface area contributed by atoms with Gasteiger partial charge in [-0.2, -0.15) is 0 Å². The van der Waals surface area contributed by atoms with E-state index in [-0.39, 0.29) is 30.3 Å². The molecule has 0 spiro atoms. The number of hydrogen-bond donors (Lipinski definition) is 2. The number of carbonyl (C=O) groups excluding carboxylic acids is 2. The van der Waals surface area contributed by atoms with Crippen LogP contribution in [0.15, 0.2) is 52.3 Å². The van der Waals surface area contributed by atoms with Gasteiger partial charge in [0.05, 0.1) is 18.4 Å². The maximum Gasteiger partial charge on any atom is 0.359 e. The van der Waals surface area contributed by atoms with Crippen molar-refractivity contribution < 1.29 is 14.3 Å². The van der Waals surface area contributed by atoms with Gasteiger partial charge in [0, 0.05) is 12.7 Å². The first-order chi connectivity index (χ1) is 15.3. The van der Waals surface area contributed by atoms with Gasteiger partial charge in [0.15, 0.2) is 18.0 Å². The fraction of sp³-hybridized carbons (Fsp3) is 0.238. The summed E-state index contributed by atoms with van der Waals surface area (Å²) in [6.45, 7) is 2.83. The molecule has 32 heavy (non-hydrogen) atoms. The molecule has 11 heteroatoms. The van der Waals surface area contributed by atoms with E-state index in [1.165, 1.54) is 12.4 Å². The van der Waals surface area contributed by atoms with Crippen LogP contribution in [-0.4, -0.2) is 44.5 Å². The molecule has 0 unspecified atom stereocenters. The summed E-state index contributed by atoms with van der Waals surface area (Å²) in [4.78, 5) is 60.8. The van der Waals surface area contributed by atoms with Gasteiger partial charge >= 0.3 is 11.7 Å². The number of anilines is 2. The second kappa shape index (κ2) is 9.69. The van der Waals surface area contributed by atoms with E-state index in [4.69, 9.17) is 10.5 Å². The number of nitrogens with zero attached hydrogens (tertiary/aromatic N) is 4. The van der Waals surface area contributed by atoms with Crippen molar-refractivity contribution in [1.82, 2.24) is 19.5 Å². The lowest BCUT2D eigenvalue weighted by Gasteiger charge is -2.23. The van der Waals surface area contributed by atoms with Crippen LogP contribution in [0.4, 0.5) is 11.5 Å². The molecule has 2 heterocycles. The summed E-state index contributed by atoms with van der Waals surface area (Å²) in [5.74, 6) is -1.70. The summed E-state index contributed by atoms with van der Waals surface area (Å²) in [6.07, 6.45) is 2.63. The van der Waals surface area contributed by atoms with E-state index in [1.54, 1.807) is 38.1 Å².